The van der Waals surface area contributed by atoms with Crippen LogP contribution in [0.25, 0.3) is 0 Å². The van der Waals surface area contributed by atoms with Crippen molar-refractivity contribution in [3.63, 3.8) is 0 Å². The number of carbonyl (C=O) groups is 1. The molecule has 110 valence electrons. The summed E-state index contributed by atoms with van der Waals surface area (Å²) in [6.45, 7) is 0. The molecular formula is C16H13N3O3. The van der Waals surface area contributed by atoms with Gasteiger partial charge >= 0.3 is 5.82 Å². The maximum atomic E-state index is 12.6. The number of fused-ring (bicyclic) bond motifs is 2. The van der Waals surface area contributed by atoms with Gasteiger partial charge in [-0.3, -0.25) is 9.79 Å². The number of ketones is 1. The van der Waals surface area contributed by atoms with Crippen LogP contribution >= 0.6 is 0 Å². The lowest BCUT2D eigenvalue weighted by molar-refractivity contribution is -0.389. The van der Waals surface area contributed by atoms with Crippen LogP contribution in [0.3, 0.4) is 0 Å². The molecule has 1 aliphatic heterocycles. The molecule has 22 heavy (non-hydrogen) atoms. The van der Waals surface area contributed by atoms with Crippen LogP contribution in [0.5, 0.6) is 0 Å². The third-order valence-electron chi connectivity index (χ3n) is 4.69. The van der Waals surface area contributed by atoms with Crippen LogP contribution in [-0.4, -0.2) is 21.9 Å². The van der Waals surface area contributed by atoms with E-state index in [1.807, 2.05) is 24.3 Å². The SMILES string of the molecule is O=C1CCC(c2ccc([N+](=O)[O-])[nH]2)C12C=Nc1ccccc12. The summed E-state index contributed by atoms with van der Waals surface area (Å²) in [5, 5.41) is 10.9. The number of H-pyrrole nitrogens is 1. The molecule has 2 atom stereocenters. The molecule has 1 aliphatic carbocycles. The summed E-state index contributed by atoms with van der Waals surface area (Å²) < 4.78 is 0. The molecule has 2 aromatic rings. The second kappa shape index (κ2) is 4.37. The molecule has 4 rings (SSSR count). The summed E-state index contributed by atoms with van der Waals surface area (Å²) in [6, 6.07) is 10.8. The first-order valence-corrected chi connectivity index (χ1v) is 7.14. The van der Waals surface area contributed by atoms with Crippen LogP contribution in [0.4, 0.5) is 11.5 Å². The molecule has 1 spiro atoms. The van der Waals surface area contributed by atoms with Crippen LogP contribution in [0.15, 0.2) is 41.4 Å². The third kappa shape index (κ3) is 1.55. The van der Waals surface area contributed by atoms with Gasteiger partial charge in [0, 0.05) is 24.6 Å². The largest absolute Gasteiger partial charge is 0.358 e. The maximum absolute atomic E-state index is 12.6. The fourth-order valence-corrected chi connectivity index (χ4v) is 3.69. The van der Waals surface area contributed by atoms with E-state index in [1.54, 1.807) is 12.3 Å². The molecule has 2 unspecified atom stereocenters. The Morgan fingerprint density at radius 3 is 2.86 bits per heavy atom. The number of nitro groups is 1. The minimum Gasteiger partial charge on any atom is -0.358 e. The smallest absolute Gasteiger partial charge is 0.321 e. The average Bonchev–Trinajstić information content (AvgIpc) is 3.20. The van der Waals surface area contributed by atoms with Crippen LogP contribution in [0, 0.1) is 10.1 Å². The molecule has 1 aromatic carbocycles. The van der Waals surface area contributed by atoms with Gasteiger partial charge in [0.2, 0.25) is 0 Å². The lowest BCUT2D eigenvalue weighted by atomic mass is 9.72. The van der Waals surface area contributed by atoms with Gasteiger partial charge in [0.25, 0.3) is 0 Å². The van der Waals surface area contributed by atoms with E-state index in [-0.39, 0.29) is 17.5 Å². The lowest BCUT2D eigenvalue weighted by Gasteiger charge is -2.26. The van der Waals surface area contributed by atoms with Gasteiger partial charge in [-0.15, -0.1) is 0 Å². The molecule has 1 aromatic heterocycles. The van der Waals surface area contributed by atoms with E-state index in [2.05, 4.69) is 9.98 Å². The van der Waals surface area contributed by atoms with Gasteiger partial charge in [-0.2, -0.15) is 0 Å². The van der Waals surface area contributed by atoms with Crippen LogP contribution in [-0.2, 0) is 10.2 Å². The minimum absolute atomic E-state index is 0.0484. The number of rotatable bonds is 2. The van der Waals surface area contributed by atoms with Crippen molar-refractivity contribution in [1.29, 1.82) is 0 Å². The highest BCUT2D eigenvalue weighted by atomic mass is 16.6. The molecule has 1 saturated carbocycles. The zero-order valence-corrected chi connectivity index (χ0v) is 11.7. The first-order chi connectivity index (χ1) is 10.6. The zero-order chi connectivity index (χ0) is 15.3. The topological polar surface area (TPSA) is 88.4 Å². The van der Waals surface area contributed by atoms with Crippen molar-refractivity contribution >= 4 is 23.5 Å². The standard InChI is InChI=1S/C16H13N3O3/c20-14-7-5-11(13-6-8-15(18-13)19(21)22)16(14)9-17-12-4-2-1-3-10(12)16/h1-4,6,8-9,11,18H,5,7H2. The van der Waals surface area contributed by atoms with Gasteiger partial charge in [-0.25, -0.2) is 4.98 Å². The van der Waals surface area contributed by atoms with E-state index < -0.39 is 10.3 Å². The Morgan fingerprint density at radius 2 is 2.09 bits per heavy atom. The summed E-state index contributed by atoms with van der Waals surface area (Å²) in [4.78, 5) is 30.3. The monoisotopic (exact) mass is 295 g/mol. The quantitative estimate of drug-likeness (QED) is 0.682. The Hall–Kier alpha value is -2.76. The molecular weight excluding hydrogens is 282 g/mol. The fraction of sp³-hybridized carbons (Fsp3) is 0.250. The highest BCUT2D eigenvalue weighted by molar-refractivity contribution is 6.12. The molecule has 0 amide bonds. The normalized spacial score (nSPS) is 25.8. The highest BCUT2D eigenvalue weighted by Crippen LogP contribution is 2.52. The second-order valence-electron chi connectivity index (χ2n) is 5.71. The van der Waals surface area contributed by atoms with Crippen LogP contribution in [0.2, 0.25) is 0 Å². The van der Waals surface area contributed by atoms with E-state index in [4.69, 9.17) is 0 Å². The number of hydrogen-bond donors (Lipinski definition) is 1. The Kier molecular flexibility index (Phi) is 2.57. The minimum atomic E-state index is -0.782. The summed E-state index contributed by atoms with van der Waals surface area (Å²) in [7, 11) is 0. The van der Waals surface area contributed by atoms with E-state index in [0.717, 1.165) is 16.9 Å². The predicted octanol–water partition coefficient (Wildman–Crippen LogP) is 3.02. The molecule has 2 heterocycles. The molecule has 0 radical (unpaired) electrons. The number of aromatic amines is 1. The molecule has 0 saturated heterocycles. The number of Topliss-reactive ketones (excluding diaryl/α,β-unsaturated/α-hetero) is 1. The number of nitrogens with one attached hydrogen (secondary N) is 1. The Balaban J connectivity index is 1.85. The summed E-state index contributed by atoms with van der Waals surface area (Å²) in [5.74, 6) is -0.0581. The Bertz CT molecular complexity index is 824. The number of aliphatic imine (C=N–C) groups is 1. The molecule has 6 nitrogen and oxygen atoms in total. The van der Waals surface area contributed by atoms with Gasteiger partial charge in [-0.05, 0) is 29.0 Å². The molecule has 1 fully saturated rings. The van der Waals surface area contributed by atoms with Crippen molar-refractivity contribution in [3.8, 4) is 0 Å². The van der Waals surface area contributed by atoms with Crippen molar-refractivity contribution in [3.05, 3.63) is 57.8 Å². The van der Waals surface area contributed by atoms with Crippen molar-refractivity contribution < 1.29 is 9.72 Å². The van der Waals surface area contributed by atoms with Crippen LogP contribution < -0.4 is 0 Å². The molecule has 0 bridgehead atoms. The molecule has 6 heteroatoms. The summed E-state index contributed by atoms with van der Waals surface area (Å²) in [5.41, 5.74) is 1.65. The van der Waals surface area contributed by atoms with Gasteiger partial charge in [0.1, 0.15) is 16.9 Å². The van der Waals surface area contributed by atoms with Crippen LogP contribution in [0.1, 0.15) is 30.0 Å². The van der Waals surface area contributed by atoms with Crippen molar-refractivity contribution in [2.75, 3.05) is 0 Å². The summed E-state index contributed by atoms with van der Waals surface area (Å²) >= 11 is 0. The molecule has 1 N–H and O–H groups in total. The lowest BCUT2D eigenvalue weighted by Crippen LogP contribution is -2.36. The number of nitrogens with zero attached hydrogens (tertiary/aromatic N) is 2. The number of para-hydroxylation sites is 1. The fourth-order valence-electron chi connectivity index (χ4n) is 3.69. The van der Waals surface area contributed by atoms with Gasteiger partial charge in [0.05, 0.1) is 5.69 Å². The van der Waals surface area contributed by atoms with Crippen molar-refractivity contribution in [2.45, 2.75) is 24.2 Å². The maximum Gasteiger partial charge on any atom is 0.321 e. The van der Waals surface area contributed by atoms with Crippen molar-refractivity contribution in [1.82, 2.24) is 4.98 Å². The van der Waals surface area contributed by atoms with Crippen molar-refractivity contribution in [2.24, 2.45) is 4.99 Å². The van der Waals surface area contributed by atoms with E-state index in [9.17, 15) is 14.9 Å². The average molecular weight is 295 g/mol. The van der Waals surface area contributed by atoms with E-state index >= 15 is 0 Å². The Labute approximate surface area is 126 Å². The number of benzene rings is 1. The molecule has 2 aliphatic rings. The zero-order valence-electron chi connectivity index (χ0n) is 11.7. The number of aromatic nitrogens is 1. The predicted molar refractivity (Wildman–Crippen MR) is 80.7 cm³/mol. The van der Waals surface area contributed by atoms with Gasteiger partial charge in [-0.1, -0.05) is 18.2 Å². The number of carbonyl (C=O) groups excluding carboxylic acids is 1. The Morgan fingerprint density at radius 1 is 1.27 bits per heavy atom. The van der Waals surface area contributed by atoms with Gasteiger partial charge < -0.3 is 10.1 Å². The third-order valence-corrected chi connectivity index (χ3v) is 4.69. The van der Waals surface area contributed by atoms with Gasteiger partial charge in [0.15, 0.2) is 0 Å². The first kappa shape index (κ1) is 12.9. The van der Waals surface area contributed by atoms with E-state index in [0.29, 0.717) is 12.8 Å². The number of hydrogen-bond acceptors (Lipinski definition) is 4. The summed E-state index contributed by atoms with van der Waals surface area (Å²) in [6.07, 6.45) is 2.85. The first-order valence-electron chi connectivity index (χ1n) is 7.14. The van der Waals surface area contributed by atoms with E-state index in [1.165, 1.54) is 6.07 Å². The second-order valence-corrected chi connectivity index (χ2v) is 5.71. The highest BCUT2D eigenvalue weighted by Gasteiger charge is 2.55.